The van der Waals surface area contributed by atoms with Crippen molar-refractivity contribution in [1.29, 1.82) is 0 Å². The van der Waals surface area contributed by atoms with Crippen molar-refractivity contribution in [1.82, 2.24) is 0 Å². The topological polar surface area (TPSA) is 105 Å². The summed E-state index contributed by atoms with van der Waals surface area (Å²) in [5, 5.41) is 0. The Labute approximate surface area is 140 Å². The maximum atomic E-state index is 12.2. The first-order valence-electron chi connectivity index (χ1n) is 7.32. The number of anilines is 2. The first-order valence-corrected chi connectivity index (χ1v) is 7.32. The molecule has 0 aromatic heterocycles. The van der Waals surface area contributed by atoms with Crippen LogP contribution in [0.1, 0.15) is 27.0 Å². The fourth-order valence-corrected chi connectivity index (χ4v) is 2.90. The van der Waals surface area contributed by atoms with Crippen molar-refractivity contribution in [3.05, 3.63) is 46.5 Å². The summed E-state index contributed by atoms with van der Waals surface area (Å²) in [5.41, 5.74) is 17.0. The average Bonchev–Trinajstić information content (AvgIpc) is 2.52. The van der Waals surface area contributed by atoms with Crippen molar-refractivity contribution in [2.45, 2.75) is 20.5 Å². The van der Waals surface area contributed by atoms with Crippen molar-refractivity contribution >= 4 is 23.8 Å². The predicted molar refractivity (Wildman–Crippen MR) is 92.4 cm³/mol. The van der Waals surface area contributed by atoms with Gasteiger partial charge >= 0.3 is 5.97 Å². The summed E-state index contributed by atoms with van der Waals surface area (Å²) in [6.07, 6.45) is 0. The Bertz CT molecular complexity index is 800. The van der Waals surface area contributed by atoms with Crippen LogP contribution in [0.2, 0.25) is 0 Å². The molecule has 6 nitrogen and oxygen atoms in total. The molecule has 0 amide bonds. The zero-order chi connectivity index (χ0) is 17.9. The van der Waals surface area contributed by atoms with Gasteiger partial charge in [-0.15, -0.1) is 0 Å². The molecule has 0 aliphatic rings. The molecular weight excluding hydrogens is 308 g/mol. The molecular formula is C18H20N2O4. The molecule has 6 heteroatoms. The number of aryl methyl sites for hydroxylation is 2. The van der Waals surface area contributed by atoms with Crippen LogP contribution in [0.3, 0.4) is 0 Å². The van der Waals surface area contributed by atoms with E-state index >= 15 is 0 Å². The van der Waals surface area contributed by atoms with E-state index in [1.54, 1.807) is 24.3 Å². The molecule has 0 bridgehead atoms. The highest BCUT2D eigenvalue weighted by atomic mass is 16.5. The summed E-state index contributed by atoms with van der Waals surface area (Å²) in [6.45, 7) is 4.17. The van der Waals surface area contributed by atoms with Gasteiger partial charge in [0, 0.05) is 11.4 Å². The SMILES string of the molecule is COC(=O)c1cc(N)cc(C)c1-c1c(C)cc(N)cc1COC=O. The predicted octanol–water partition coefficient (Wildman–Crippen LogP) is 2.59. The van der Waals surface area contributed by atoms with Crippen LogP contribution in [0, 0.1) is 13.8 Å². The fraction of sp³-hybridized carbons (Fsp3) is 0.222. The van der Waals surface area contributed by atoms with E-state index in [1.807, 2.05) is 13.8 Å². The number of rotatable bonds is 5. The van der Waals surface area contributed by atoms with Crippen molar-refractivity contribution in [2.75, 3.05) is 18.6 Å². The Hall–Kier alpha value is -3.02. The second-order valence-electron chi connectivity index (χ2n) is 5.53. The Kier molecular flexibility index (Phi) is 5.08. The van der Waals surface area contributed by atoms with Crippen molar-refractivity contribution in [3.8, 4) is 11.1 Å². The lowest BCUT2D eigenvalue weighted by Gasteiger charge is -2.19. The van der Waals surface area contributed by atoms with Gasteiger partial charge in [0.05, 0.1) is 12.7 Å². The Balaban J connectivity index is 2.80. The molecule has 0 radical (unpaired) electrons. The molecule has 2 aromatic carbocycles. The molecule has 2 aromatic rings. The molecule has 0 atom stereocenters. The maximum absolute atomic E-state index is 12.2. The van der Waals surface area contributed by atoms with Gasteiger partial charge in [0.2, 0.25) is 0 Å². The number of nitrogens with two attached hydrogens (primary N) is 2. The summed E-state index contributed by atoms with van der Waals surface area (Å²) < 4.78 is 9.79. The number of esters is 1. The van der Waals surface area contributed by atoms with Gasteiger partial charge in [-0.05, 0) is 65.9 Å². The van der Waals surface area contributed by atoms with Gasteiger partial charge in [0.15, 0.2) is 0 Å². The molecule has 126 valence electrons. The monoisotopic (exact) mass is 328 g/mol. The Morgan fingerprint density at radius 1 is 1.04 bits per heavy atom. The third-order valence-corrected chi connectivity index (χ3v) is 3.76. The van der Waals surface area contributed by atoms with E-state index in [9.17, 15) is 9.59 Å². The molecule has 4 N–H and O–H groups in total. The molecule has 0 saturated heterocycles. The standard InChI is InChI=1S/C18H20N2O4/c1-10-4-13(19)6-12(8-24-9-21)16(10)17-11(2)5-14(20)7-15(17)18(22)23-3/h4-7,9H,8,19-20H2,1-3H3. The number of benzene rings is 2. The van der Waals surface area contributed by atoms with Crippen LogP contribution >= 0.6 is 0 Å². The van der Waals surface area contributed by atoms with Gasteiger partial charge in [-0.1, -0.05) is 0 Å². The number of nitrogen functional groups attached to an aromatic ring is 2. The number of carbonyl (C=O) groups is 2. The van der Waals surface area contributed by atoms with Crippen LogP contribution in [0.15, 0.2) is 24.3 Å². The third kappa shape index (κ3) is 3.32. The zero-order valence-electron chi connectivity index (χ0n) is 13.9. The first kappa shape index (κ1) is 17.3. The van der Waals surface area contributed by atoms with Crippen LogP contribution in [-0.4, -0.2) is 19.6 Å². The van der Waals surface area contributed by atoms with Gasteiger partial charge in [-0.3, -0.25) is 4.79 Å². The highest BCUT2D eigenvalue weighted by Gasteiger charge is 2.21. The Morgan fingerprint density at radius 3 is 2.21 bits per heavy atom. The van der Waals surface area contributed by atoms with E-state index in [2.05, 4.69) is 0 Å². The molecule has 0 spiro atoms. The molecule has 0 saturated carbocycles. The van der Waals surface area contributed by atoms with Crippen molar-refractivity contribution in [2.24, 2.45) is 0 Å². The van der Waals surface area contributed by atoms with E-state index in [0.29, 0.717) is 34.5 Å². The third-order valence-electron chi connectivity index (χ3n) is 3.76. The van der Waals surface area contributed by atoms with Gasteiger partial charge in [0.25, 0.3) is 6.47 Å². The van der Waals surface area contributed by atoms with Gasteiger partial charge in [-0.2, -0.15) is 0 Å². The van der Waals surface area contributed by atoms with E-state index in [-0.39, 0.29) is 6.61 Å². The molecule has 0 aliphatic heterocycles. The van der Waals surface area contributed by atoms with Crippen LogP contribution in [-0.2, 0) is 20.9 Å². The zero-order valence-corrected chi connectivity index (χ0v) is 13.9. The number of ether oxygens (including phenoxy) is 2. The summed E-state index contributed by atoms with van der Waals surface area (Å²) in [7, 11) is 1.32. The second-order valence-corrected chi connectivity index (χ2v) is 5.53. The molecule has 2 rings (SSSR count). The first-order chi connectivity index (χ1) is 11.4. The summed E-state index contributed by atoms with van der Waals surface area (Å²) in [5.74, 6) is -0.487. The molecule has 0 aliphatic carbocycles. The van der Waals surface area contributed by atoms with E-state index in [0.717, 1.165) is 16.7 Å². The van der Waals surface area contributed by atoms with E-state index < -0.39 is 5.97 Å². The lowest BCUT2D eigenvalue weighted by Crippen LogP contribution is -2.09. The fourth-order valence-electron chi connectivity index (χ4n) is 2.90. The van der Waals surface area contributed by atoms with E-state index in [4.69, 9.17) is 20.9 Å². The summed E-state index contributed by atoms with van der Waals surface area (Å²) >= 11 is 0. The van der Waals surface area contributed by atoms with Gasteiger partial charge in [0.1, 0.15) is 6.61 Å². The maximum Gasteiger partial charge on any atom is 0.338 e. The number of carbonyl (C=O) groups excluding carboxylic acids is 2. The van der Waals surface area contributed by atoms with E-state index in [1.165, 1.54) is 7.11 Å². The van der Waals surface area contributed by atoms with Crippen LogP contribution in [0.4, 0.5) is 11.4 Å². The highest BCUT2D eigenvalue weighted by Crippen LogP contribution is 2.36. The minimum atomic E-state index is -0.487. The Morgan fingerprint density at radius 2 is 1.62 bits per heavy atom. The number of hydrogen-bond acceptors (Lipinski definition) is 6. The van der Waals surface area contributed by atoms with Crippen LogP contribution < -0.4 is 11.5 Å². The van der Waals surface area contributed by atoms with Crippen LogP contribution in [0.5, 0.6) is 0 Å². The molecule has 0 unspecified atom stereocenters. The second kappa shape index (κ2) is 7.04. The lowest BCUT2D eigenvalue weighted by molar-refractivity contribution is -0.129. The molecule has 0 heterocycles. The van der Waals surface area contributed by atoms with Crippen molar-refractivity contribution < 1.29 is 19.1 Å². The summed E-state index contributed by atoms with van der Waals surface area (Å²) in [6, 6.07) is 6.88. The highest BCUT2D eigenvalue weighted by molar-refractivity contribution is 6.00. The normalized spacial score (nSPS) is 10.3. The lowest BCUT2D eigenvalue weighted by atomic mass is 9.88. The molecule has 0 fully saturated rings. The summed E-state index contributed by atoms with van der Waals surface area (Å²) in [4.78, 5) is 22.8. The minimum absolute atomic E-state index is 0.0507. The van der Waals surface area contributed by atoms with Crippen LogP contribution in [0.25, 0.3) is 11.1 Å². The van der Waals surface area contributed by atoms with Gasteiger partial charge < -0.3 is 20.9 Å². The smallest absolute Gasteiger partial charge is 0.338 e. The van der Waals surface area contributed by atoms with Crippen molar-refractivity contribution in [3.63, 3.8) is 0 Å². The van der Waals surface area contributed by atoms with Gasteiger partial charge in [-0.25, -0.2) is 4.79 Å². The number of hydrogen-bond donors (Lipinski definition) is 2. The number of methoxy groups -OCH3 is 1. The molecule has 24 heavy (non-hydrogen) atoms. The largest absolute Gasteiger partial charge is 0.465 e. The quantitative estimate of drug-likeness (QED) is 0.496. The average molecular weight is 328 g/mol. The minimum Gasteiger partial charge on any atom is -0.465 e.